The van der Waals surface area contributed by atoms with Crippen LogP contribution in [0.4, 0.5) is 0 Å². The highest BCUT2D eigenvalue weighted by Gasteiger charge is 1.95. The highest BCUT2D eigenvalue weighted by atomic mass is 14.0. The molecule has 0 aromatic heterocycles. The lowest BCUT2D eigenvalue weighted by atomic mass is 10.0. The van der Waals surface area contributed by atoms with E-state index in [4.69, 9.17) is 0 Å². The summed E-state index contributed by atoms with van der Waals surface area (Å²) < 4.78 is 0. The Morgan fingerprint density at radius 2 is 1.33 bits per heavy atom. The van der Waals surface area contributed by atoms with Gasteiger partial charge in [0, 0.05) is 11.5 Å². The Kier molecular flexibility index (Phi) is 5.21. The number of hydrogen-bond donors (Lipinski definition) is 0. The van der Waals surface area contributed by atoms with Crippen LogP contribution in [0.2, 0.25) is 0 Å². The Morgan fingerprint density at radius 3 is 1.89 bits per heavy atom. The van der Waals surface area contributed by atoms with Gasteiger partial charge in [-0.05, 0) is 23.3 Å². The zero-order valence-electron chi connectivity index (χ0n) is 10.3. The number of rotatable bonds is 1. The van der Waals surface area contributed by atoms with Gasteiger partial charge in [0.1, 0.15) is 0 Å². The minimum Gasteiger partial charge on any atom is -0.0951 e. The summed E-state index contributed by atoms with van der Waals surface area (Å²) in [4.78, 5) is 0. The van der Waals surface area contributed by atoms with Crippen molar-refractivity contribution in [3.8, 4) is 23.0 Å². The molecular formula is C18H20. The van der Waals surface area contributed by atoms with Gasteiger partial charge in [0.25, 0.3) is 0 Å². The van der Waals surface area contributed by atoms with Crippen molar-refractivity contribution in [3.05, 3.63) is 60.2 Å². The Balaban J connectivity index is 0.00000162. The Labute approximate surface area is 111 Å². The molecular weight excluding hydrogens is 216 g/mol. The summed E-state index contributed by atoms with van der Waals surface area (Å²) in [6.07, 6.45) is 0. The Hall–Kier alpha value is -2.00. The SMILES string of the molecule is C.CC(C)C#Cc1ccc(-c2ccccc2)cc1. The van der Waals surface area contributed by atoms with Gasteiger partial charge in [-0.3, -0.25) is 0 Å². The topological polar surface area (TPSA) is 0 Å². The molecule has 0 saturated carbocycles. The van der Waals surface area contributed by atoms with Crippen molar-refractivity contribution in [3.63, 3.8) is 0 Å². The van der Waals surface area contributed by atoms with Crippen molar-refractivity contribution < 1.29 is 0 Å². The molecule has 0 aliphatic rings. The first-order valence-corrected chi connectivity index (χ1v) is 5.93. The van der Waals surface area contributed by atoms with Crippen LogP contribution in [0, 0.1) is 17.8 Å². The standard InChI is InChI=1S/C17H16.CH4/c1-14(2)8-9-15-10-12-17(13-11-15)16-6-4-3-5-7-16;/h3-7,10-14H,1-2H3;1H4. The third kappa shape index (κ3) is 3.79. The van der Waals surface area contributed by atoms with Crippen molar-refractivity contribution in [2.45, 2.75) is 21.3 Å². The van der Waals surface area contributed by atoms with E-state index in [0.29, 0.717) is 5.92 Å². The van der Waals surface area contributed by atoms with Crippen molar-refractivity contribution >= 4 is 0 Å². The predicted molar refractivity (Wildman–Crippen MR) is 80.3 cm³/mol. The summed E-state index contributed by atoms with van der Waals surface area (Å²) in [6, 6.07) is 18.8. The van der Waals surface area contributed by atoms with E-state index >= 15 is 0 Å². The maximum absolute atomic E-state index is 3.17. The van der Waals surface area contributed by atoms with Crippen LogP contribution >= 0.6 is 0 Å². The van der Waals surface area contributed by atoms with Crippen LogP contribution in [-0.2, 0) is 0 Å². The monoisotopic (exact) mass is 236 g/mol. The van der Waals surface area contributed by atoms with E-state index in [1.165, 1.54) is 11.1 Å². The second-order valence-electron chi connectivity index (χ2n) is 4.37. The zero-order chi connectivity index (χ0) is 12.1. The fourth-order valence-electron chi connectivity index (χ4n) is 1.60. The minimum atomic E-state index is 0. The van der Waals surface area contributed by atoms with Crippen LogP contribution in [0.15, 0.2) is 54.6 Å². The number of hydrogen-bond acceptors (Lipinski definition) is 0. The molecule has 0 bridgehead atoms. The molecule has 0 fully saturated rings. The molecule has 0 amide bonds. The third-order valence-corrected chi connectivity index (χ3v) is 2.50. The van der Waals surface area contributed by atoms with Crippen LogP contribution in [0.1, 0.15) is 26.8 Å². The molecule has 0 aliphatic heterocycles. The van der Waals surface area contributed by atoms with E-state index in [1.807, 2.05) is 6.07 Å². The van der Waals surface area contributed by atoms with Crippen LogP contribution in [-0.4, -0.2) is 0 Å². The molecule has 92 valence electrons. The van der Waals surface area contributed by atoms with E-state index < -0.39 is 0 Å². The molecule has 2 rings (SSSR count). The molecule has 0 N–H and O–H groups in total. The van der Waals surface area contributed by atoms with Crippen molar-refractivity contribution in [1.82, 2.24) is 0 Å². The Bertz CT molecular complexity index is 522. The lowest BCUT2D eigenvalue weighted by molar-refractivity contribution is 0.866. The molecule has 2 aromatic carbocycles. The second-order valence-corrected chi connectivity index (χ2v) is 4.37. The maximum atomic E-state index is 3.17. The van der Waals surface area contributed by atoms with Crippen molar-refractivity contribution in [2.24, 2.45) is 5.92 Å². The molecule has 0 heterocycles. The summed E-state index contributed by atoms with van der Waals surface area (Å²) in [5.41, 5.74) is 3.56. The van der Waals surface area contributed by atoms with E-state index in [0.717, 1.165) is 5.56 Å². The summed E-state index contributed by atoms with van der Waals surface area (Å²) in [5, 5.41) is 0. The predicted octanol–water partition coefficient (Wildman–Crippen LogP) is 5.00. The summed E-state index contributed by atoms with van der Waals surface area (Å²) in [7, 11) is 0. The van der Waals surface area contributed by atoms with E-state index in [1.54, 1.807) is 0 Å². The van der Waals surface area contributed by atoms with Gasteiger partial charge in [0.05, 0.1) is 0 Å². The van der Waals surface area contributed by atoms with Gasteiger partial charge in [-0.25, -0.2) is 0 Å². The number of benzene rings is 2. The normalized spacial score (nSPS) is 9.28. The van der Waals surface area contributed by atoms with Gasteiger partial charge in [-0.1, -0.05) is 75.6 Å². The first-order chi connectivity index (χ1) is 8.25. The fourth-order valence-corrected chi connectivity index (χ4v) is 1.60. The first-order valence-electron chi connectivity index (χ1n) is 5.93. The van der Waals surface area contributed by atoms with Crippen molar-refractivity contribution in [2.75, 3.05) is 0 Å². The zero-order valence-corrected chi connectivity index (χ0v) is 10.3. The average Bonchev–Trinajstić information content (AvgIpc) is 2.38. The lowest BCUT2D eigenvalue weighted by Gasteiger charge is -2.00. The van der Waals surface area contributed by atoms with E-state index in [9.17, 15) is 0 Å². The summed E-state index contributed by atoms with van der Waals surface area (Å²) >= 11 is 0. The highest BCUT2D eigenvalue weighted by Crippen LogP contribution is 2.18. The fraction of sp³-hybridized carbons (Fsp3) is 0.222. The lowest BCUT2D eigenvalue weighted by Crippen LogP contribution is -1.81. The van der Waals surface area contributed by atoms with Crippen LogP contribution in [0.25, 0.3) is 11.1 Å². The van der Waals surface area contributed by atoms with Gasteiger partial charge in [0.15, 0.2) is 0 Å². The molecule has 0 heteroatoms. The van der Waals surface area contributed by atoms with Gasteiger partial charge in [0.2, 0.25) is 0 Å². The minimum absolute atomic E-state index is 0. The molecule has 18 heavy (non-hydrogen) atoms. The summed E-state index contributed by atoms with van der Waals surface area (Å²) in [5.74, 6) is 6.76. The van der Waals surface area contributed by atoms with Gasteiger partial charge < -0.3 is 0 Å². The second kappa shape index (κ2) is 6.67. The molecule has 0 aliphatic carbocycles. The molecule has 0 unspecified atom stereocenters. The molecule has 0 spiro atoms. The molecule has 2 aromatic rings. The smallest absolute Gasteiger partial charge is 0.0245 e. The van der Waals surface area contributed by atoms with Gasteiger partial charge >= 0.3 is 0 Å². The van der Waals surface area contributed by atoms with Crippen LogP contribution in [0.5, 0.6) is 0 Å². The first kappa shape index (κ1) is 14.1. The van der Waals surface area contributed by atoms with Crippen LogP contribution in [0.3, 0.4) is 0 Å². The van der Waals surface area contributed by atoms with E-state index in [2.05, 4.69) is 74.2 Å². The van der Waals surface area contributed by atoms with Gasteiger partial charge in [-0.2, -0.15) is 0 Å². The molecule has 0 saturated heterocycles. The van der Waals surface area contributed by atoms with Crippen molar-refractivity contribution in [1.29, 1.82) is 0 Å². The van der Waals surface area contributed by atoms with Crippen LogP contribution < -0.4 is 0 Å². The molecule has 0 atom stereocenters. The van der Waals surface area contributed by atoms with E-state index in [-0.39, 0.29) is 7.43 Å². The molecule has 0 nitrogen and oxygen atoms in total. The Morgan fingerprint density at radius 1 is 0.778 bits per heavy atom. The van der Waals surface area contributed by atoms with Gasteiger partial charge in [-0.15, -0.1) is 0 Å². The summed E-state index contributed by atoms with van der Waals surface area (Å²) in [6.45, 7) is 4.21. The quantitative estimate of drug-likeness (QED) is 0.611. The largest absolute Gasteiger partial charge is 0.0951 e. The highest BCUT2D eigenvalue weighted by molar-refractivity contribution is 5.64. The molecule has 0 radical (unpaired) electrons. The average molecular weight is 236 g/mol. The third-order valence-electron chi connectivity index (χ3n) is 2.50. The maximum Gasteiger partial charge on any atom is 0.0245 e.